The standard InChI is InChI=1S/C22H26N4O2/c1-23-13-15-24(16-14-23)17-19-21(27)22(28)26(20-9-5-6-11-25(19)20)12-10-18-7-3-2-4-8-18/h2-9,11H,10,12-17H2,1H3/p+3. The van der Waals surface area contributed by atoms with E-state index in [0.717, 1.165) is 38.2 Å². The Morgan fingerprint density at radius 1 is 1.04 bits per heavy atom. The van der Waals surface area contributed by atoms with Crippen molar-refractivity contribution in [2.24, 2.45) is 0 Å². The molecule has 0 aliphatic carbocycles. The molecular weight excluding hydrogens is 352 g/mol. The maximum Gasteiger partial charge on any atom is 0.380 e. The minimum Gasteiger partial charge on any atom is -0.499 e. The summed E-state index contributed by atoms with van der Waals surface area (Å²) in [5.74, 6) is -0.115. The number of hydrogen-bond donors (Lipinski definition) is 3. The third-order valence-corrected chi connectivity index (χ3v) is 5.82. The van der Waals surface area contributed by atoms with Crippen molar-refractivity contribution in [2.75, 3.05) is 33.2 Å². The molecule has 146 valence electrons. The molecule has 4 rings (SSSR count). The second-order valence-corrected chi connectivity index (χ2v) is 7.80. The van der Waals surface area contributed by atoms with Crippen LogP contribution in [0.3, 0.4) is 0 Å². The summed E-state index contributed by atoms with van der Waals surface area (Å²) in [5, 5.41) is 10.8. The highest BCUT2D eigenvalue weighted by atomic mass is 16.3. The van der Waals surface area contributed by atoms with Crippen LogP contribution in [0.1, 0.15) is 11.3 Å². The van der Waals surface area contributed by atoms with E-state index >= 15 is 0 Å². The summed E-state index contributed by atoms with van der Waals surface area (Å²) >= 11 is 0. The second-order valence-electron chi connectivity index (χ2n) is 7.80. The molecule has 0 unspecified atom stereocenters. The molecule has 0 bridgehead atoms. The minimum atomic E-state index is -0.295. The van der Waals surface area contributed by atoms with E-state index in [1.807, 2.05) is 47.0 Å². The van der Waals surface area contributed by atoms with Gasteiger partial charge in [0.15, 0.2) is 0 Å². The van der Waals surface area contributed by atoms with Crippen LogP contribution in [-0.4, -0.2) is 42.9 Å². The molecule has 2 aromatic heterocycles. The summed E-state index contributed by atoms with van der Waals surface area (Å²) in [5.41, 5.74) is 2.43. The zero-order valence-corrected chi connectivity index (χ0v) is 16.4. The lowest BCUT2D eigenvalue weighted by atomic mass is 10.1. The predicted molar refractivity (Wildman–Crippen MR) is 107 cm³/mol. The Hall–Kier alpha value is -2.70. The average Bonchev–Trinajstić information content (AvgIpc) is 2.73. The maximum absolute atomic E-state index is 13.0. The first-order valence-corrected chi connectivity index (χ1v) is 10.1. The molecule has 1 aliphatic heterocycles. The van der Waals surface area contributed by atoms with Crippen molar-refractivity contribution in [3.63, 3.8) is 0 Å². The monoisotopic (exact) mass is 381 g/mol. The second kappa shape index (κ2) is 8.12. The normalized spacial score (nSPS) is 19.8. The van der Waals surface area contributed by atoms with Crippen molar-refractivity contribution in [3.8, 4) is 5.75 Å². The molecule has 3 aromatic rings. The first kappa shape index (κ1) is 18.7. The van der Waals surface area contributed by atoms with Crippen molar-refractivity contribution in [3.05, 3.63) is 76.3 Å². The Balaban J connectivity index is 1.68. The van der Waals surface area contributed by atoms with E-state index in [9.17, 15) is 9.90 Å². The number of nitrogens with one attached hydrogen (secondary N) is 2. The zero-order chi connectivity index (χ0) is 19.5. The van der Waals surface area contributed by atoms with Crippen molar-refractivity contribution in [2.45, 2.75) is 19.5 Å². The molecular formula is C22H29N4O2+3. The smallest absolute Gasteiger partial charge is 0.380 e. The quantitative estimate of drug-likeness (QED) is 0.469. The molecule has 0 saturated carbocycles. The van der Waals surface area contributed by atoms with E-state index in [0.29, 0.717) is 18.8 Å². The van der Waals surface area contributed by atoms with Gasteiger partial charge in [0.2, 0.25) is 5.69 Å². The summed E-state index contributed by atoms with van der Waals surface area (Å²) in [6.07, 6.45) is 2.69. The van der Waals surface area contributed by atoms with E-state index in [2.05, 4.69) is 19.2 Å². The van der Waals surface area contributed by atoms with Gasteiger partial charge >= 0.3 is 5.56 Å². The molecule has 28 heavy (non-hydrogen) atoms. The molecule has 1 aromatic carbocycles. The number of piperazine rings is 1. The van der Waals surface area contributed by atoms with Gasteiger partial charge in [-0.3, -0.25) is 0 Å². The molecule has 1 saturated heterocycles. The minimum absolute atomic E-state index is 0.115. The Morgan fingerprint density at radius 3 is 2.50 bits per heavy atom. The fourth-order valence-corrected chi connectivity index (χ4v) is 4.07. The van der Waals surface area contributed by atoms with Gasteiger partial charge in [0, 0.05) is 12.5 Å². The molecule has 6 heteroatoms. The maximum atomic E-state index is 13.0. The molecule has 0 amide bonds. The van der Waals surface area contributed by atoms with E-state index in [-0.39, 0.29) is 11.3 Å². The molecule has 0 radical (unpaired) electrons. The number of likely N-dealkylation sites (N-methyl/N-ethyl adjacent to an activating group) is 1. The summed E-state index contributed by atoms with van der Waals surface area (Å²) in [6, 6.07) is 16.0. The van der Waals surface area contributed by atoms with Crippen molar-refractivity contribution in [1.82, 2.24) is 4.57 Å². The summed E-state index contributed by atoms with van der Waals surface area (Å²) in [4.78, 5) is 16.0. The molecule has 0 atom stereocenters. The molecule has 3 heterocycles. The van der Waals surface area contributed by atoms with Gasteiger partial charge < -0.3 is 14.9 Å². The highest BCUT2D eigenvalue weighted by Gasteiger charge is 2.28. The van der Waals surface area contributed by atoms with E-state index < -0.39 is 0 Å². The van der Waals surface area contributed by atoms with Crippen LogP contribution < -0.4 is 19.8 Å². The number of benzene rings is 1. The first-order valence-electron chi connectivity index (χ1n) is 10.1. The largest absolute Gasteiger partial charge is 0.499 e. The number of aromatic nitrogens is 2. The van der Waals surface area contributed by atoms with Crippen molar-refractivity contribution in [1.29, 1.82) is 0 Å². The van der Waals surface area contributed by atoms with Gasteiger partial charge in [-0.2, -0.15) is 8.97 Å². The molecule has 3 N–H and O–H groups in total. The predicted octanol–water partition coefficient (Wildman–Crippen LogP) is -1.55. The first-order chi connectivity index (χ1) is 13.6. The van der Waals surface area contributed by atoms with Gasteiger partial charge in [-0.05, 0) is 11.6 Å². The third kappa shape index (κ3) is 3.79. The van der Waals surface area contributed by atoms with Crippen LogP contribution in [0.15, 0.2) is 59.5 Å². The number of aromatic hydroxyl groups is 1. The summed E-state index contributed by atoms with van der Waals surface area (Å²) < 4.78 is 3.68. The highest BCUT2D eigenvalue weighted by molar-refractivity contribution is 5.35. The van der Waals surface area contributed by atoms with Gasteiger partial charge in [-0.25, -0.2) is 4.79 Å². The zero-order valence-electron chi connectivity index (χ0n) is 16.4. The fraction of sp³-hybridized carbons (Fsp3) is 0.364. The molecule has 1 fully saturated rings. The lowest BCUT2D eigenvalue weighted by Gasteiger charge is -2.26. The average molecular weight is 382 g/mol. The topological polar surface area (TPSA) is 55.2 Å². The van der Waals surface area contributed by atoms with E-state index in [1.165, 1.54) is 10.5 Å². The van der Waals surface area contributed by atoms with Crippen LogP contribution in [0.2, 0.25) is 0 Å². The Bertz CT molecular complexity index is 1010. The highest BCUT2D eigenvalue weighted by Crippen LogP contribution is 2.10. The Morgan fingerprint density at radius 2 is 1.75 bits per heavy atom. The van der Waals surface area contributed by atoms with Gasteiger partial charge in [-0.1, -0.05) is 36.4 Å². The number of rotatable bonds is 5. The van der Waals surface area contributed by atoms with Crippen LogP contribution in [-0.2, 0) is 19.5 Å². The van der Waals surface area contributed by atoms with Crippen molar-refractivity contribution >= 4 is 5.65 Å². The van der Waals surface area contributed by atoms with Crippen LogP contribution in [0, 0.1) is 0 Å². The molecule has 6 nitrogen and oxygen atoms in total. The van der Waals surface area contributed by atoms with Gasteiger partial charge in [0.25, 0.3) is 11.4 Å². The van der Waals surface area contributed by atoms with Gasteiger partial charge in [0.05, 0.1) is 19.8 Å². The van der Waals surface area contributed by atoms with E-state index in [1.54, 1.807) is 9.47 Å². The summed E-state index contributed by atoms with van der Waals surface area (Å²) in [6.45, 7) is 5.54. The number of aryl methyl sites for hydroxylation is 2. The number of nitrogens with zero attached hydrogens (tertiary/aromatic N) is 2. The Kier molecular flexibility index (Phi) is 5.41. The van der Waals surface area contributed by atoms with E-state index in [4.69, 9.17) is 0 Å². The number of pyridine rings is 1. The third-order valence-electron chi connectivity index (χ3n) is 5.82. The number of quaternary nitrogens is 2. The van der Waals surface area contributed by atoms with Crippen molar-refractivity contribution < 1.29 is 19.3 Å². The van der Waals surface area contributed by atoms with Crippen LogP contribution in [0.5, 0.6) is 5.75 Å². The summed E-state index contributed by atoms with van der Waals surface area (Å²) in [7, 11) is 2.21. The van der Waals surface area contributed by atoms with Crippen LogP contribution >= 0.6 is 0 Å². The fourth-order valence-electron chi connectivity index (χ4n) is 4.07. The van der Waals surface area contributed by atoms with Gasteiger partial charge in [-0.15, -0.1) is 0 Å². The lowest BCUT2D eigenvalue weighted by molar-refractivity contribution is -1.01. The number of hydrogen-bond acceptors (Lipinski definition) is 2. The molecule has 0 spiro atoms. The van der Waals surface area contributed by atoms with Crippen LogP contribution in [0.25, 0.3) is 5.65 Å². The Labute approximate surface area is 164 Å². The number of fused-ring (bicyclic) bond motifs is 1. The van der Waals surface area contributed by atoms with Gasteiger partial charge in [0.1, 0.15) is 32.7 Å². The lowest BCUT2D eigenvalue weighted by Crippen LogP contribution is -3.26. The SMILES string of the molecule is C[NH+]1CC[NH+](Cc2c(O)c(=O)n(CCc3ccccc3)c3cccc[n+]23)CC1. The van der Waals surface area contributed by atoms with Crippen LogP contribution in [0.4, 0.5) is 0 Å². The molecule has 1 aliphatic rings.